The standard InChI is InChI=1S/C40H48N8O7S/c1-7-40(4,46-39(52)54-6)37(50)48-17-9-11-28(48)35-42-21-26(44-35)31-19-30-32(56-31)18-29(55-30)24-14-12-23(13-15-24)25-20-41-34(43-25)27-10-8-16-47(27)36(49)33(22(2)3)45-38(51)53-5/h12-15,18-22,27-28,33H,7-11,16-17H2,1-6H3,(H,41,43)(H,42,44)(H,45,51)(H,46,52)/t27-,28-,33-,40-/m0/s1. The Hall–Kier alpha value is -5.64. The van der Waals surface area contributed by atoms with Crippen LogP contribution < -0.4 is 10.6 Å². The quantitative estimate of drug-likeness (QED) is 0.108. The van der Waals surface area contributed by atoms with Crippen LogP contribution in [0.2, 0.25) is 0 Å². The largest absolute Gasteiger partial charge is 0.455 e. The second kappa shape index (κ2) is 15.8. The maximum Gasteiger partial charge on any atom is 0.407 e. The number of nitrogens with one attached hydrogen (secondary N) is 4. The van der Waals surface area contributed by atoms with E-state index < -0.39 is 23.8 Å². The maximum atomic E-state index is 13.7. The molecule has 2 aliphatic rings. The Labute approximate surface area is 328 Å². The molecule has 4 aromatic heterocycles. The van der Waals surface area contributed by atoms with E-state index in [1.807, 2.05) is 57.2 Å². The van der Waals surface area contributed by atoms with Gasteiger partial charge in [0.15, 0.2) is 0 Å². The van der Waals surface area contributed by atoms with Gasteiger partial charge in [-0.25, -0.2) is 19.6 Å². The van der Waals surface area contributed by atoms with Gasteiger partial charge in [0.1, 0.15) is 34.6 Å². The Morgan fingerprint density at radius 1 is 0.911 bits per heavy atom. The molecule has 6 heterocycles. The number of imidazole rings is 2. The lowest BCUT2D eigenvalue weighted by Gasteiger charge is -2.34. The Morgan fingerprint density at radius 3 is 2.14 bits per heavy atom. The lowest BCUT2D eigenvalue weighted by atomic mass is 9.96. The average molecular weight is 785 g/mol. The zero-order valence-electron chi connectivity index (χ0n) is 32.4. The zero-order valence-corrected chi connectivity index (χ0v) is 33.2. The van der Waals surface area contributed by atoms with Crippen LogP contribution in [0.15, 0.2) is 53.2 Å². The second-order valence-electron chi connectivity index (χ2n) is 14.9. The van der Waals surface area contributed by atoms with Gasteiger partial charge < -0.3 is 44.3 Å². The fourth-order valence-corrected chi connectivity index (χ4v) is 8.57. The van der Waals surface area contributed by atoms with E-state index in [4.69, 9.17) is 13.9 Å². The normalized spacial score (nSPS) is 18.6. The van der Waals surface area contributed by atoms with Crippen molar-refractivity contribution in [3.63, 3.8) is 0 Å². The van der Waals surface area contributed by atoms with Crippen LogP contribution in [0.5, 0.6) is 0 Å². The number of amides is 4. The predicted octanol–water partition coefficient (Wildman–Crippen LogP) is 7.17. The van der Waals surface area contributed by atoms with Crippen molar-refractivity contribution >= 4 is 45.6 Å². The average Bonchev–Trinajstić information content (AvgIpc) is 4.05. The van der Waals surface area contributed by atoms with Crippen LogP contribution in [-0.4, -0.2) is 92.6 Å². The summed E-state index contributed by atoms with van der Waals surface area (Å²) in [5.41, 5.74) is 3.23. The molecular weight excluding hydrogens is 737 g/mol. The highest BCUT2D eigenvalue weighted by atomic mass is 32.1. The molecule has 0 unspecified atom stereocenters. The first-order chi connectivity index (χ1) is 26.9. The summed E-state index contributed by atoms with van der Waals surface area (Å²) in [7, 11) is 2.57. The van der Waals surface area contributed by atoms with Gasteiger partial charge in [-0.2, -0.15) is 0 Å². The van der Waals surface area contributed by atoms with Crippen LogP contribution in [0.25, 0.3) is 43.4 Å². The number of methoxy groups -OCH3 is 2. The van der Waals surface area contributed by atoms with Gasteiger partial charge in [-0.15, -0.1) is 11.3 Å². The summed E-state index contributed by atoms with van der Waals surface area (Å²) in [5.74, 6) is 1.75. The second-order valence-corrected chi connectivity index (χ2v) is 16.0. The van der Waals surface area contributed by atoms with Gasteiger partial charge in [-0.05, 0) is 50.5 Å². The number of rotatable bonds is 11. The number of hydrogen-bond acceptors (Lipinski definition) is 10. The number of benzene rings is 1. The van der Waals surface area contributed by atoms with Crippen LogP contribution >= 0.6 is 11.3 Å². The lowest BCUT2D eigenvalue weighted by molar-refractivity contribution is -0.139. The molecule has 2 fully saturated rings. The van der Waals surface area contributed by atoms with E-state index in [1.165, 1.54) is 14.2 Å². The Balaban J connectivity index is 1.02. The van der Waals surface area contributed by atoms with Gasteiger partial charge in [0.05, 0.1) is 59.7 Å². The van der Waals surface area contributed by atoms with Crippen molar-refractivity contribution in [3.05, 3.63) is 60.4 Å². The molecule has 0 spiro atoms. The molecule has 0 aliphatic carbocycles. The van der Waals surface area contributed by atoms with E-state index in [0.29, 0.717) is 31.2 Å². The molecule has 5 aromatic rings. The topological polar surface area (TPSA) is 188 Å². The molecule has 2 aliphatic heterocycles. The van der Waals surface area contributed by atoms with Crippen molar-refractivity contribution in [2.75, 3.05) is 27.3 Å². The zero-order chi connectivity index (χ0) is 39.7. The predicted molar refractivity (Wildman–Crippen MR) is 210 cm³/mol. The van der Waals surface area contributed by atoms with Gasteiger partial charge in [-0.1, -0.05) is 45.0 Å². The number of nitrogens with zero attached hydrogens (tertiary/aromatic N) is 4. The smallest absolute Gasteiger partial charge is 0.407 e. The highest BCUT2D eigenvalue weighted by Crippen LogP contribution is 2.40. The molecule has 7 rings (SSSR count). The monoisotopic (exact) mass is 784 g/mol. The van der Waals surface area contributed by atoms with Gasteiger partial charge in [0, 0.05) is 30.8 Å². The number of likely N-dealkylation sites (tertiary alicyclic amines) is 2. The molecule has 0 saturated carbocycles. The van der Waals surface area contributed by atoms with Crippen LogP contribution in [0.1, 0.15) is 83.5 Å². The molecule has 0 radical (unpaired) electrons. The van der Waals surface area contributed by atoms with E-state index >= 15 is 0 Å². The summed E-state index contributed by atoms with van der Waals surface area (Å²) >= 11 is 1.59. The summed E-state index contributed by atoms with van der Waals surface area (Å²) in [6.07, 6.45) is 5.95. The van der Waals surface area contributed by atoms with Crippen LogP contribution in [0, 0.1) is 5.92 Å². The Morgan fingerprint density at radius 2 is 1.52 bits per heavy atom. The van der Waals surface area contributed by atoms with E-state index in [9.17, 15) is 19.2 Å². The SMILES string of the molecule is CC[C@](C)(NC(=O)OC)C(=O)N1CCC[C@H]1c1ncc(-c2cc3oc(-c4ccc(-c5cnc([C@@H]6CCCN6C(=O)[C@@H](NC(=O)OC)C(C)C)[nH]5)cc4)cc3s2)[nH]1. The molecule has 4 N–H and O–H groups in total. The van der Waals surface area contributed by atoms with E-state index in [0.717, 1.165) is 69.1 Å². The molecule has 4 atom stereocenters. The summed E-state index contributed by atoms with van der Waals surface area (Å²) in [5, 5.41) is 5.41. The number of aromatic amines is 2. The first-order valence-electron chi connectivity index (χ1n) is 19.0. The number of fused-ring (bicyclic) bond motifs is 1. The molecular formula is C40H48N8O7S. The van der Waals surface area contributed by atoms with Crippen molar-refractivity contribution in [1.82, 2.24) is 40.4 Å². The van der Waals surface area contributed by atoms with Crippen LogP contribution in [-0.2, 0) is 19.1 Å². The number of H-pyrrole nitrogens is 2. The Kier molecular flexibility index (Phi) is 10.9. The lowest BCUT2D eigenvalue weighted by Crippen LogP contribution is -2.57. The fraction of sp³-hybridized carbons (Fsp3) is 0.450. The highest BCUT2D eigenvalue weighted by Gasteiger charge is 2.42. The van der Waals surface area contributed by atoms with E-state index in [2.05, 4.69) is 30.6 Å². The number of thiophene rings is 1. The first kappa shape index (κ1) is 38.6. The van der Waals surface area contributed by atoms with Gasteiger partial charge in [0.25, 0.3) is 0 Å². The molecule has 4 amide bonds. The summed E-state index contributed by atoms with van der Waals surface area (Å²) < 4.78 is 16.8. The van der Waals surface area contributed by atoms with Gasteiger partial charge in [0.2, 0.25) is 11.8 Å². The third-order valence-electron chi connectivity index (χ3n) is 11.0. The van der Waals surface area contributed by atoms with Crippen LogP contribution in [0.4, 0.5) is 9.59 Å². The van der Waals surface area contributed by atoms with E-state index in [-0.39, 0.29) is 29.8 Å². The van der Waals surface area contributed by atoms with Crippen molar-refractivity contribution < 1.29 is 33.1 Å². The highest BCUT2D eigenvalue weighted by molar-refractivity contribution is 7.22. The van der Waals surface area contributed by atoms with Gasteiger partial charge in [-0.3, -0.25) is 9.59 Å². The minimum Gasteiger partial charge on any atom is -0.455 e. The number of hydrogen-bond donors (Lipinski definition) is 4. The van der Waals surface area contributed by atoms with E-state index in [1.54, 1.807) is 40.5 Å². The summed E-state index contributed by atoms with van der Waals surface area (Å²) in [6.45, 7) is 8.55. The molecule has 56 heavy (non-hydrogen) atoms. The summed E-state index contributed by atoms with van der Waals surface area (Å²) in [6, 6.07) is 10.9. The number of aromatic nitrogens is 4. The van der Waals surface area contributed by atoms with Crippen molar-refractivity contribution in [3.8, 4) is 33.2 Å². The number of carbonyl (C=O) groups excluding carboxylic acids is 4. The minimum absolute atomic E-state index is 0.110. The summed E-state index contributed by atoms with van der Waals surface area (Å²) in [4.78, 5) is 71.9. The van der Waals surface area contributed by atoms with Crippen molar-refractivity contribution in [1.29, 1.82) is 0 Å². The minimum atomic E-state index is -1.09. The van der Waals surface area contributed by atoms with Crippen LogP contribution in [0.3, 0.4) is 0 Å². The number of furan rings is 1. The third kappa shape index (κ3) is 7.49. The van der Waals surface area contributed by atoms with Crippen molar-refractivity contribution in [2.45, 2.75) is 83.5 Å². The number of ether oxygens (including phenoxy) is 2. The number of alkyl carbamates (subject to hydrolysis) is 2. The Bertz CT molecular complexity index is 2190. The third-order valence-corrected chi connectivity index (χ3v) is 12.1. The van der Waals surface area contributed by atoms with Crippen molar-refractivity contribution in [2.24, 2.45) is 5.92 Å². The molecule has 0 bridgehead atoms. The first-order valence-corrected chi connectivity index (χ1v) is 19.8. The van der Waals surface area contributed by atoms with Gasteiger partial charge >= 0.3 is 12.2 Å². The molecule has 16 heteroatoms. The molecule has 15 nitrogen and oxygen atoms in total. The molecule has 2 saturated heterocycles. The number of carbonyl (C=O) groups is 4. The fourth-order valence-electron chi connectivity index (χ4n) is 7.58. The molecule has 1 aromatic carbocycles. The maximum absolute atomic E-state index is 13.7. The molecule has 296 valence electrons.